The summed E-state index contributed by atoms with van der Waals surface area (Å²) in [7, 11) is 4.57. The van der Waals surface area contributed by atoms with Crippen LogP contribution in [0.3, 0.4) is 0 Å². The first-order valence-electron chi connectivity index (χ1n) is 7.65. The summed E-state index contributed by atoms with van der Waals surface area (Å²) >= 11 is 1.32. The van der Waals surface area contributed by atoms with Gasteiger partial charge in [0.25, 0.3) is 5.22 Å². The van der Waals surface area contributed by atoms with Crippen LogP contribution in [-0.4, -0.2) is 31.5 Å². The zero-order valence-corrected chi connectivity index (χ0v) is 15.3. The average Bonchev–Trinajstić information content (AvgIpc) is 3.15. The molecule has 0 saturated carbocycles. The molecule has 136 valence electrons. The Morgan fingerprint density at radius 3 is 2.31 bits per heavy atom. The summed E-state index contributed by atoms with van der Waals surface area (Å²) in [6.07, 6.45) is 0. The number of thioether (sulfide) groups is 1. The lowest BCUT2D eigenvalue weighted by molar-refractivity contribution is 0.386. The largest absolute Gasteiger partial charge is 0.497 e. The number of benzene rings is 2. The zero-order valence-electron chi connectivity index (χ0n) is 14.5. The van der Waals surface area contributed by atoms with E-state index in [0.29, 0.717) is 33.9 Å². The quantitative estimate of drug-likeness (QED) is 0.573. The Hall–Kier alpha value is -2.74. The highest BCUT2D eigenvalue weighted by Crippen LogP contribution is 2.31. The van der Waals surface area contributed by atoms with Gasteiger partial charge in [-0.05, 0) is 29.8 Å². The zero-order chi connectivity index (χ0) is 18.5. The molecule has 0 amide bonds. The van der Waals surface area contributed by atoms with Crippen molar-refractivity contribution in [2.75, 3.05) is 21.3 Å². The highest BCUT2D eigenvalue weighted by Gasteiger charge is 2.13. The van der Waals surface area contributed by atoms with E-state index in [9.17, 15) is 4.39 Å². The monoisotopic (exact) mass is 376 g/mol. The van der Waals surface area contributed by atoms with Crippen molar-refractivity contribution in [3.8, 4) is 28.7 Å². The molecule has 0 saturated heterocycles. The molecule has 0 aliphatic heterocycles. The third-order valence-corrected chi connectivity index (χ3v) is 4.47. The second-order valence-corrected chi connectivity index (χ2v) is 6.16. The molecule has 1 aromatic heterocycles. The lowest BCUT2D eigenvalue weighted by Crippen LogP contribution is -1.90. The fourth-order valence-electron chi connectivity index (χ4n) is 2.26. The fraction of sp³-hybridized carbons (Fsp3) is 0.222. The first-order valence-corrected chi connectivity index (χ1v) is 8.63. The molecule has 2 aromatic carbocycles. The number of aromatic nitrogens is 2. The molecule has 0 spiro atoms. The Bertz CT molecular complexity index is 878. The van der Waals surface area contributed by atoms with Crippen molar-refractivity contribution in [1.29, 1.82) is 0 Å². The van der Waals surface area contributed by atoms with E-state index >= 15 is 0 Å². The molecule has 6 nitrogen and oxygen atoms in total. The van der Waals surface area contributed by atoms with Gasteiger partial charge in [-0.2, -0.15) is 0 Å². The van der Waals surface area contributed by atoms with Gasteiger partial charge in [-0.15, -0.1) is 10.2 Å². The van der Waals surface area contributed by atoms with Crippen molar-refractivity contribution in [2.45, 2.75) is 11.0 Å². The molecule has 0 aliphatic rings. The number of nitrogens with zero attached hydrogens (tertiary/aromatic N) is 2. The van der Waals surface area contributed by atoms with Crippen molar-refractivity contribution in [3.63, 3.8) is 0 Å². The van der Waals surface area contributed by atoms with E-state index in [1.165, 1.54) is 24.9 Å². The van der Waals surface area contributed by atoms with Crippen molar-refractivity contribution >= 4 is 11.8 Å². The van der Waals surface area contributed by atoms with Crippen LogP contribution in [0.25, 0.3) is 11.5 Å². The number of rotatable bonds is 7. The normalized spacial score (nSPS) is 10.6. The maximum absolute atomic E-state index is 13.7. The van der Waals surface area contributed by atoms with Crippen LogP contribution in [0.1, 0.15) is 5.56 Å². The number of halogens is 1. The fourth-order valence-corrected chi connectivity index (χ4v) is 2.97. The summed E-state index contributed by atoms with van der Waals surface area (Å²) in [5.41, 5.74) is 1.48. The Kier molecular flexibility index (Phi) is 5.62. The molecule has 0 N–H and O–H groups in total. The number of ether oxygens (including phenoxy) is 3. The minimum Gasteiger partial charge on any atom is -0.497 e. The van der Waals surface area contributed by atoms with E-state index in [4.69, 9.17) is 18.6 Å². The second kappa shape index (κ2) is 8.09. The molecule has 3 aromatic rings. The van der Waals surface area contributed by atoms with E-state index in [1.807, 2.05) is 0 Å². The van der Waals surface area contributed by atoms with Gasteiger partial charge in [0, 0.05) is 17.4 Å². The predicted molar refractivity (Wildman–Crippen MR) is 95.4 cm³/mol. The lowest BCUT2D eigenvalue weighted by atomic mass is 10.2. The average molecular weight is 376 g/mol. The van der Waals surface area contributed by atoms with Crippen LogP contribution in [0.2, 0.25) is 0 Å². The SMILES string of the molecule is COc1cc(OC)cc(-c2nnc(SCc3ccc(OC)c(F)c3)o2)c1. The van der Waals surface area contributed by atoms with E-state index in [2.05, 4.69) is 10.2 Å². The summed E-state index contributed by atoms with van der Waals surface area (Å²) in [6, 6.07) is 10.1. The summed E-state index contributed by atoms with van der Waals surface area (Å²) in [5, 5.41) is 8.46. The maximum Gasteiger partial charge on any atom is 0.277 e. The highest BCUT2D eigenvalue weighted by atomic mass is 32.2. The Labute approximate surface area is 154 Å². The van der Waals surface area contributed by atoms with Gasteiger partial charge in [0.2, 0.25) is 5.89 Å². The van der Waals surface area contributed by atoms with Gasteiger partial charge >= 0.3 is 0 Å². The molecule has 26 heavy (non-hydrogen) atoms. The van der Waals surface area contributed by atoms with Gasteiger partial charge in [0.15, 0.2) is 11.6 Å². The molecule has 0 radical (unpaired) electrons. The molecule has 1 heterocycles. The predicted octanol–water partition coefficient (Wildman–Crippen LogP) is 4.19. The minimum atomic E-state index is -0.403. The number of methoxy groups -OCH3 is 3. The van der Waals surface area contributed by atoms with Crippen LogP contribution in [-0.2, 0) is 5.75 Å². The first-order chi connectivity index (χ1) is 12.6. The molecule has 0 unspecified atom stereocenters. The van der Waals surface area contributed by atoms with Crippen LogP contribution < -0.4 is 14.2 Å². The number of hydrogen-bond acceptors (Lipinski definition) is 7. The van der Waals surface area contributed by atoms with E-state index in [0.717, 1.165) is 5.56 Å². The molecule has 0 aliphatic carbocycles. The van der Waals surface area contributed by atoms with Crippen molar-refractivity contribution in [2.24, 2.45) is 0 Å². The Morgan fingerprint density at radius 1 is 0.962 bits per heavy atom. The smallest absolute Gasteiger partial charge is 0.277 e. The lowest BCUT2D eigenvalue weighted by Gasteiger charge is -2.05. The van der Waals surface area contributed by atoms with Crippen molar-refractivity contribution < 1.29 is 23.0 Å². The number of hydrogen-bond donors (Lipinski definition) is 0. The second-order valence-electron chi connectivity index (χ2n) is 5.23. The summed E-state index contributed by atoms with van der Waals surface area (Å²) in [4.78, 5) is 0. The van der Waals surface area contributed by atoms with Gasteiger partial charge in [-0.3, -0.25) is 0 Å². The van der Waals surface area contributed by atoms with E-state index in [-0.39, 0.29) is 5.75 Å². The summed E-state index contributed by atoms with van der Waals surface area (Å²) in [5.74, 6) is 1.90. The summed E-state index contributed by atoms with van der Waals surface area (Å²) in [6.45, 7) is 0. The standard InChI is InChI=1S/C18H17FN2O4S/c1-22-13-7-12(8-14(9-13)23-2)17-20-21-18(25-17)26-10-11-4-5-16(24-3)15(19)6-11/h4-9H,10H2,1-3H3. The van der Waals surface area contributed by atoms with Crippen molar-refractivity contribution in [3.05, 3.63) is 47.8 Å². The highest BCUT2D eigenvalue weighted by molar-refractivity contribution is 7.98. The van der Waals surface area contributed by atoms with Gasteiger partial charge in [0.05, 0.1) is 21.3 Å². The molecule has 3 rings (SSSR count). The van der Waals surface area contributed by atoms with Crippen LogP contribution in [0.4, 0.5) is 4.39 Å². The summed E-state index contributed by atoms with van der Waals surface area (Å²) < 4.78 is 34.8. The van der Waals surface area contributed by atoms with Crippen LogP contribution in [0, 0.1) is 5.82 Å². The van der Waals surface area contributed by atoms with Gasteiger partial charge in [-0.1, -0.05) is 17.8 Å². The molecular weight excluding hydrogens is 359 g/mol. The third-order valence-electron chi connectivity index (χ3n) is 3.58. The molecule has 0 atom stereocenters. The Morgan fingerprint density at radius 2 is 1.69 bits per heavy atom. The van der Waals surface area contributed by atoms with E-state index in [1.54, 1.807) is 44.6 Å². The van der Waals surface area contributed by atoms with Crippen LogP contribution in [0.15, 0.2) is 46.0 Å². The molecule has 8 heteroatoms. The minimum absolute atomic E-state index is 0.214. The van der Waals surface area contributed by atoms with Gasteiger partial charge in [-0.25, -0.2) is 4.39 Å². The maximum atomic E-state index is 13.7. The first kappa shape index (κ1) is 18.1. The van der Waals surface area contributed by atoms with Gasteiger partial charge < -0.3 is 18.6 Å². The molecule has 0 fully saturated rings. The third kappa shape index (κ3) is 4.08. The van der Waals surface area contributed by atoms with E-state index < -0.39 is 5.82 Å². The topological polar surface area (TPSA) is 66.6 Å². The van der Waals surface area contributed by atoms with Crippen molar-refractivity contribution in [1.82, 2.24) is 10.2 Å². The van der Waals surface area contributed by atoms with Crippen LogP contribution in [0.5, 0.6) is 17.2 Å². The van der Waals surface area contributed by atoms with Gasteiger partial charge in [0.1, 0.15) is 11.5 Å². The Balaban J connectivity index is 1.73. The van der Waals surface area contributed by atoms with Crippen LogP contribution >= 0.6 is 11.8 Å². The molecule has 0 bridgehead atoms. The molecular formula is C18H17FN2O4S.